The van der Waals surface area contributed by atoms with Gasteiger partial charge in [0.2, 0.25) is 5.91 Å². The molecule has 0 saturated heterocycles. The summed E-state index contributed by atoms with van der Waals surface area (Å²) in [6, 6.07) is 8.61. The third-order valence-corrected chi connectivity index (χ3v) is 3.90. The van der Waals surface area contributed by atoms with E-state index in [0.717, 1.165) is 12.2 Å². The van der Waals surface area contributed by atoms with Crippen molar-refractivity contribution in [2.24, 2.45) is 5.92 Å². The van der Waals surface area contributed by atoms with Gasteiger partial charge in [-0.25, -0.2) is 0 Å². The molecule has 1 fully saturated rings. The lowest BCUT2D eigenvalue weighted by atomic mass is 10.0. The normalized spacial score (nSPS) is 15.8. The predicted molar refractivity (Wildman–Crippen MR) is 83.6 cm³/mol. The van der Waals surface area contributed by atoms with Crippen molar-refractivity contribution in [2.75, 3.05) is 5.32 Å². The van der Waals surface area contributed by atoms with Crippen LogP contribution in [-0.2, 0) is 11.3 Å². The van der Waals surface area contributed by atoms with Crippen LogP contribution < -0.4 is 10.6 Å². The first-order chi connectivity index (χ1) is 9.63. The van der Waals surface area contributed by atoms with Gasteiger partial charge in [-0.3, -0.25) is 4.79 Å². The Morgan fingerprint density at radius 2 is 1.85 bits per heavy atom. The highest BCUT2D eigenvalue weighted by Crippen LogP contribution is 2.27. The summed E-state index contributed by atoms with van der Waals surface area (Å²) in [4.78, 5) is 11.9. The molecule has 0 unspecified atom stereocenters. The van der Waals surface area contributed by atoms with E-state index in [1.165, 1.54) is 31.2 Å². The molecular formula is C17H26N2O. The van der Waals surface area contributed by atoms with Gasteiger partial charge < -0.3 is 10.6 Å². The van der Waals surface area contributed by atoms with Gasteiger partial charge >= 0.3 is 0 Å². The first kappa shape index (κ1) is 15.0. The summed E-state index contributed by atoms with van der Waals surface area (Å²) in [5, 5.41) is 6.38. The molecule has 3 nitrogen and oxygen atoms in total. The van der Waals surface area contributed by atoms with Crippen LogP contribution in [0.3, 0.4) is 0 Å². The molecule has 2 rings (SSSR count). The van der Waals surface area contributed by atoms with Crippen LogP contribution in [0.2, 0.25) is 0 Å². The monoisotopic (exact) mass is 274 g/mol. The van der Waals surface area contributed by atoms with Crippen molar-refractivity contribution in [3.8, 4) is 0 Å². The zero-order valence-electron chi connectivity index (χ0n) is 12.6. The molecule has 0 heterocycles. The number of anilines is 1. The zero-order valence-corrected chi connectivity index (χ0v) is 12.6. The van der Waals surface area contributed by atoms with E-state index in [9.17, 15) is 4.79 Å². The average Bonchev–Trinajstić information content (AvgIpc) is 2.90. The predicted octanol–water partition coefficient (Wildman–Crippen LogP) is 3.70. The van der Waals surface area contributed by atoms with Crippen molar-refractivity contribution >= 4 is 11.6 Å². The highest BCUT2D eigenvalue weighted by Gasteiger charge is 2.18. The first-order valence-electron chi connectivity index (χ1n) is 7.75. The van der Waals surface area contributed by atoms with E-state index >= 15 is 0 Å². The molecule has 1 aliphatic rings. The zero-order chi connectivity index (χ0) is 14.4. The van der Waals surface area contributed by atoms with Crippen LogP contribution in [-0.4, -0.2) is 11.9 Å². The largest absolute Gasteiger partial charge is 0.326 e. The Labute approximate surface area is 122 Å². The number of amides is 1. The maximum absolute atomic E-state index is 11.9. The van der Waals surface area contributed by atoms with Gasteiger partial charge in [-0.2, -0.15) is 0 Å². The van der Waals surface area contributed by atoms with Crippen LogP contribution in [0.5, 0.6) is 0 Å². The van der Waals surface area contributed by atoms with E-state index in [4.69, 9.17) is 0 Å². The standard InChI is InChI=1S/C17H26N2O/c1-13(2)18-12-15-7-9-16(10-8-15)19-17(20)11-14-5-3-4-6-14/h7-10,13-14,18H,3-6,11-12H2,1-2H3,(H,19,20). The molecule has 0 bridgehead atoms. The molecular weight excluding hydrogens is 248 g/mol. The summed E-state index contributed by atoms with van der Waals surface area (Å²) in [6.07, 6.45) is 5.68. The van der Waals surface area contributed by atoms with Gasteiger partial charge in [0.15, 0.2) is 0 Å². The summed E-state index contributed by atoms with van der Waals surface area (Å²) >= 11 is 0. The number of hydrogen-bond acceptors (Lipinski definition) is 2. The Morgan fingerprint density at radius 3 is 2.45 bits per heavy atom. The molecule has 110 valence electrons. The van der Waals surface area contributed by atoms with Crippen LogP contribution in [0.15, 0.2) is 24.3 Å². The van der Waals surface area contributed by atoms with Crippen molar-refractivity contribution in [3.63, 3.8) is 0 Å². The fourth-order valence-corrected chi connectivity index (χ4v) is 2.72. The van der Waals surface area contributed by atoms with Crippen molar-refractivity contribution in [3.05, 3.63) is 29.8 Å². The van der Waals surface area contributed by atoms with Crippen LogP contribution in [0, 0.1) is 5.92 Å². The van der Waals surface area contributed by atoms with Gasteiger partial charge in [0.05, 0.1) is 0 Å². The molecule has 1 aliphatic carbocycles. The van der Waals surface area contributed by atoms with E-state index in [2.05, 4.69) is 36.6 Å². The van der Waals surface area contributed by atoms with Gasteiger partial charge in [-0.15, -0.1) is 0 Å². The second-order valence-corrected chi connectivity index (χ2v) is 6.14. The highest BCUT2D eigenvalue weighted by atomic mass is 16.1. The maximum Gasteiger partial charge on any atom is 0.224 e. The Morgan fingerprint density at radius 1 is 1.20 bits per heavy atom. The number of rotatable bonds is 6. The summed E-state index contributed by atoms with van der Waals surface area (Å²) in [6.45, 7) is 5.14. The van der Waals surface area contributed by atoms with Gasteiger partial charge in [0.25, 0.3) is 0 Å². The van der Waals surface area contributed by atoms with Crippen LogP contribution in [0.1, 0.15) is 51.5 Å². The van der Waals surface area contributed by atoms with Gasteiger partial charge in [-0.1, -0.05) is 38.8 Å². The minimum atomic E-state index is 0.157. The summed E-state index contributed by atoms with van der Waals surface area (Å²) < 4.78 is 0. The second-order valence-electron chi connectivity index (χ2n) is 6.14. The molecule has 20 heavy (non-hydrogen) atoms. The average molecular weight is 274 g/mol. The quantitative estimate of drug-likeness (QED) is 0.830. The Bertz CT molecular complexity index is 419. The molecule has 0 atom stereocenters. The molecule has 1 aromatic carbocycles. The molecule has 3 heteroatoms. The van der Waals surface area contributed by atoms with Gasteiger partial charge in [0, 0.05) is 24.7 Å². The highest BCUT2D eigenvalue weighted by molar-refractivity contribution is 5.90. The second kappa shape index (κ2) is 7.44. The van der Waals surface area contributed by atoms with E-state index in [0.29, 0.717) is 18.4 Å². The van der Waals surface area contributed by atoms with Crippen LogP contribution in [0.4, 0.5) is 5.69 Å². The van der Waals surface area contributed by atoms with E-state index in [-0.39, 0.29) is 5.91 Å². The molecule has 2 N–H and O–H groups in total. The van der Waals surface area contributed by atoms with Gasteiger partial charge in [0.1, 0.15) is 0 Å². The van der Waals surface area contributed by atoms with E-state index < -0.39 is 0 Å². The van der Waals surface area contributed by atoms with Crippen LogP contribution >= 0.6 is 0 Å². The van der Waals surface area contributed by atoms with E-state index in [1.807, 2.05) is 12.1 Å². The molecule has 0 spiro atoms. The lowest BCUT2D eigenvalue weighted by Crippen LogP contribution is -2.21. The summed E-state index contributed by atoms with van der Waals surface area (Å²) in [5.41, 5.74) is 2.15. The molecule has 0 aromatic heterocycles. The molecule has 1 saturated carbocycles. The Kier molecular flexibility index (Phi) is 5.60. The third-order valence-electron chi connectivity index (χ3n) is 3.90. The third kappa shape index (κ3) is 4.97. The summed E-state index contributed by atoms with van der Waals surface area (Å²) in [5.74, 6) is 0.759. The number of carbonyl (C=O) groups is 1. The minimum Gasteiger partial charge on any atom is -0.326 e. The SMILES string of the molecule is CC(C)NCc1ccc(NC(=O)CC2CCCC2)cc1. The van der Waals surface area contributed by atoms with Crippen molar-refractivity contribution in [2.45, 2.75) is 58.5 Å². The van der Waals surface area contributed by atoms with Crippen molar-refractivity contribution < 1.29 is 4.79 Å². The smallest absolute Gasteiger partial charge is 0.224 e. The van der Waals surface area contributed by atoms with E-state index in [1.54, 1.807) is 0 Å². The molecule has 1 aromatic rings. The fraction of sp³-hybridized carbons (Fsp3) is 0.588. The van der Waals surface area contributed by atoms with Crippen molar-refractivity contribution in [1.82, 2.24) is 5.32 Å². The first-order valence-corrected chi connectivity index (χ1v) is 7.75. The molecule has 0 radical (unpaired) electrons. The number of carbonyl (C=O) groups excluding carboxylic acids is 1. The fourth-order valence-electron chi connectivity index (χ4n) is 2.72. The molecule has 1 amide bonds. The van der Waals surface area contributed by atoms with Gasteiger partial charge in [-0.05, 0) is 36.5 Å². The Hall–Kier alpha value is -1.35. The number of hydrogen-bond donors (Lipinski definition) is 2. The van der Waals surface area contributed by atoms with Crippen LogP contribution in [0.25, 0.3) is 0 Å². The minimum absolute atomic E-state index is 0.157. The maximum atomic E-state index is 11.9. The topological polar surface area (TPSA) is 41.1 Å². The number of nitrogens with one attached hydrogen (secondary N) is 2. The number of benzene rings is 1. The molecule has 0 aliphatic heterocycles. The Balaban J connectivity index is 1.78. The lowest BCUT2D eigenvalue weighted by Gasteiger charge is -2.11. The summed E-state index contributed by atoms with van der Waals surface area (Å²) in [7, 11) is 0. The lowest BCUT2D eigenvalue weighted by molar-refractivity contribution is -0.117. The van der Waals surface area contributed by atoms with Crippen molar-refractivity contribution in [1.29, 1.82) is 0 Å².